The van der Waals surface area contributed by atoms with Crippen LogP contribution in [-0.4, -0.2) is 48.5 Å². The molecular formula is C21H30N4O5. The third-order valence-corrected chi connectivity index (χ3v) is 4.71. The van der Waals surface area contributed by atoms with Gasteiger partial charge >= 0.3 is 0 Å². The number of imide groups is 1. The number of carbonyl (C=O) groups excluding carboxylic acids is 5. The zero-order chi connectivity index (χ0) is 22.5. The second-order valence-electron chi connectivity index (χ2n) is 6.88. The summed E-state index contributed by atoms with van der Waals surface area (Å²) < 4.78 is 0. The molecule has 9 nitrogen and oxygen atoms in total. The maximum absolute atomic E-state index is 12.3. The fourth-order valence-electron chi connectivity index (χ4n) is 3.06. The van der Waals surface area contributed by atoms with Gasteiger partial charge in [-0.25, -0.2) is 0 Å². The van der Waals surface area contributed by atoms with Crippen molar-refractivity contribution < 1.29 is 24.0 Å². The topological polar surface area (TPSA) is 125 Å². The molecule has 1 rings (SSSR count). The molecule has 30 heavy (non-hydrogen) atoms. The summed E-state index contributed by atoms with van der Waals surface area (Å²) in [5.74, 6) is -0.921. The van der Waals surface area contributed by atoms with Crippen molar-refractivity contribution >= 4 is 36.2 Å². The fourth-order valence-corrected chi connectivity index (χ4v) is 3.06. The maximum Gasteiger partial charge on any atom is 0.249 e. The molecule has 1 unspecified atom stereocenters. The van der Waals surface area contributed by atoms with E-state index in [1.807, 2.05) is 19.9 Å². The molecule has 3 N–H and O–H groups in total. The SMILES string of the molecule is CCCC(C(=O)NC=O)N(C=O)Cc1c(C)cccc1NC(=O)CCCC(=O)NC. The van der Waals surface area contributed by atoms with Gasteiger partial charge in [-0.3, -0.25) is 29.3 Å². The molecule has 0 radical (unpaired) electrons. The highest BCUT2D eigenvalue weighted by atomic mass is 16.2. The highest BCUT2D eigenvalue weighted by Crippen LogP contribution is 2.23. The summed E-state index contributed by atoms with van der Waals surface area (Å²) >= 11 is 0. The van der Waals surface area contributed by atoms with Gasteiger partial charge in [0.25, 0.3) is 0 Å². The van der Waals surface area contributed by atoms with Crippen LogP contribution in [0.25, 0.3) is 0 Å². The summed E-state index contributed by atoms with van der Waals surface area (Å²) in [5.41, 5.74) is 2.08. The van der Waals surface area contributed by atoms with Gasteiger partial charge < -0.3 is 15.5 Å². The highest BCUT2D eigenvalue weighted by molar-refractivity contribution is 5.92. The van der Waals surface area contributed by atoms with Crippen LogP contribution in [0.4, 0.5) is 5.69 Å². The molecule has 0 aromatic heterocycles. The minimum absolute atomic E-state index is 0.0982. The monoisotopic (exact) mass is 418 g/mol. The van der Waals surface area contributed by atoms with Crippen molar-refractivity contribution in [2.75, 3.05) is 12.4 Å². The Kier molecular flexibility index (Phi) is 10.8. The van der Waals surface area contributed by atoms with Crippen molar-refractivity contribution in [3.8, 4) is 0 Å². The lowest BCUT2D eigenvalue weighted by Crippen LogP contribution is -2.45. The Hall–Kier alpha value is -3.23. The van der Waals surface area contributed by atoms with E-state index in [9.17, 15) is 24.0 Å². The minimum Gasteiger partial charge on any atom is -0.359 e. The van der Waals surface area contributed by atoms with Gasteiger partial charge in [-0.2, -0.15) is 0 Å². The van der Waals surface area contributed by atoms with Crippen molar-refractivity contribution in [1.29, 1.82) is 0 Å². The molecule has 1 aromatic rings. The Morgan fingerprint density at radius 3 is 2.43 bits per heavy atom. The van der Waals surface area contributed by atoms with E-state index in [0.717, 1.165) is 5.56 Å². The lowest BCUT2D eigenvalue weighted by Gasteiger charge is -2.28. The smallest absolute Gasteiger partial charge is 0.249 e. The van der Waals surface area contributed by atoms with E-state index in [0.29, 0.717) is 43.3 Å². The number of hydrogen-bond acceptors (Lipinski definition) is 5. The number of amides is 5. The van der Waals surface area contributed by atoms with Crippen molar-refractivity contribution in [3.05, 3.63) is 29.3 Å². The van der Waals surface area contributed by atoms with Crippen molar-refractivity contribution in [2.45, 2.75) is 58.5 Å². The summed E-state index contributed by atoms with van der Waals surface area (Å²) in [4.78, 5) is 59.5. The van der Waals surface area contributed by atoms with Crippen LogP contribution in [0.1, 0.15) is 50.2 Å². The van der Waals surface area contributed by atoms with Gasteiger partial charge in [-0.15, -0.1) is 0 Å². The number of nitrogens with zero attached hydrogens (tertiary/aromatic N) is 1. The Labute approximate surface area is 176 Å². The van der Waals surface area contributed by atoms with E-state index in [1.54, 1.807) is 19.2 Å². The number of aryl methyl sites for hydroxylation is 1. The number of benzene rings is 1. The molecule has 1 aromatic carbocycles. The normalized spacial score (nSPS) is 11.2. The molecule has 0 spiro atoms. The molecule has 0 aliphatic heterocycles. The van der Waals surface area contributed by atoms with Crippen LogP contribution < -0.4 is 16.0 Å². The maximum atomic E-state index is 12.3. The van der Waals surface area contributed by atoms with Crippen LogP contribution in [0.5, 0.6) is 0 Å². The first-order valence-corrected chi connectivity index (χ1v) is 9.91. The standard InChI is InChI=1S/C21H30N4O5/c1-4-7-18(21(30)23-13-26)25(14-27)12-16-15(2)8-5-9-17(16)24-20(29)11-6-10-19(28)22-3/h5,8-9,13-14,18H,4,6-7,10-12H2,1-3H3,(H,22,28)(H,24,29)(H,23,26,30). The molecule has 0 heterocycles. The minimum atomic E-state index is -0.798. The number of hydrogen-bond donors (Lipinski definition) is 3. The predicted molar refractivity (Wildman–Crippen MR) is 112 cm³/mol. The molecule has 1 atom stereocenters. The second kappa shape index (κ2) is 13.1. The largest absolute Gasteiger partial charge is 0.359 e. The first kappa shape index (κ1) is 24.8. The third-order valence-electron chi connectivity index (χ3n) is 4.71. The summed E-state index contributed by atoms with van der Waals surface area (Å²) in [7, 11) is 1.54. The highest BCUT2D eigenvalue weighted by Gasteiger charge is 2.25. The molecule has 0 bridgehead atoms. The van der Waals surface area contributed by atoms with Crippen LogP contribution in [0.3, 0.4) is 0 Å². The zero-order valence-corrected chi connectivity index (χ0v) is 17.7. The van der Waals surface area contributed by atoms with Crippen LogP contribution in [0, 0.1) is 6.92 Å². The van der Waals surface area contributed by atoms with E-state index in [-0.39, 0.29) is 31.2 Å². The molecule has 0 saturated heterocycles. The fraction of sp³-hybridized carbons (Fsp3) is 0.476. The molecule has 0 aliphatic carbocycles. The quantitative estimate of drug-likeness (QED) is 0.416. The van der Waals surface area contributed by atoms with Crippen molar-refractivity contribution in [2.24, 2.45) is 0 Å². The van der Waals surface area contributed by atoms with Gasteiger partial charge in [0.1, 0.15) is 6.04 Å². The van der Waals surface area contributed by atoms with Crippen LogP contribution >= 0.6 is 0 Å². The lowest BCUT2D eigenvalue weighted by molar-refractivity contribution is -0.135. The average molecular weight is 418 g/mol. The number of carbonyl (C=O) groups is 5. The van der Waals surface area contributed by atoms with Crippen LogP contribution in [0.2, 0.25) is 0 Å². The Bertz CT molecular complexity index is 766. The summed E-state index contributed by atoms with van der Waals surface area (Å²) in [6, 6.07) is 4.56. The first-order valence-electron chi connectivity index (χ1n) is 9.91. The van der Waals surface area contributed by atoms with Gasteiger partial charge in [0.15, 0.2) is 0 Å². The van der Waals surface area contributed by atoms with Gasteiger partial charge in [-0.1, -0.05) is 25.5 Å². The number of anilines is 1. The molecule has 0 saturated carbocycles. The number of rotatable bonds is 13. The van der Waals surface area contributed by atoms with Crippen molar-refractivity contribution in [1.82, 2.24) is 15.5 Å². The van der Waals surface area contributed by atoms with Gasteiger partial charge in [0, 0.05) is 32.1 Å². The summed E-state index contributed by atoms with van der Waals surface area (Å²) in [5, 5.41) is 7.44. The van der Waals surface area contributed by atoms with Crippen LogP contribution in [0.15, 0.2) is 18.2 Å². The molecule has 164 valence electrons. The summed E-state index contributed by atoms with van der Waals surface area (Å²) in [6.07, 6.45) is 2.76. The molecular weight excluding hydrogens is 388 g/mol. The molecule has 0 fully saturated rings. The second-order valence-corrected chi connectivity index (χ2v) is 6.88. The predicted octanol–water partition coefficient (Wildman–Crippen LogP) is 1.25. The average Bonchev–Trinajstić information content (AvgIpc) is 2.72. The Balaban J connectivity index is 2.98. The lowest BCUT2D eigenvalue weighted by atomic mass is 10.0. The van der Waals surface area contributed by atoms with Crippen molar-refractivity contribution in [3.63, 3.8) is 0 Å². The van der Waals surface area contributed by atoms with E-state index < -0.39 is 11.9 Å². The van der Waals surface area contributed by atoms with E-state index >= 15 is 0 Å². The Morgan fingerprint density at radius 2 is 1.83 bits per heavy atom. The third kappa shape index (κ3) is 7.65. The molecule has 0 aliphatic rings. The number of nitrogens with one attached hydrogen (secondary N) is 3. The van der Waals surface area contributed by atoms with Gasteiger partial charge in [-0.05, 0) is 37.0 Å². The summed E-state index contributed by atoms with van der Waals surface area (Å²) in [6.45, 7) is 3.82. The van der Waals surface area contributed by atoms with E-state index in [2.05, 4.69) is 16.0 Å². The zero-order valence-electron chi connectivity index (χ0n) is 17.7. The van der Waals surface area contributed by atoms with Gasteiger partial charge in [0.05, 0.1) is 0 Å². The molecule has 5 amide bonds. The van der Waals surface area contributed by atoms with E-state index in [1.165, 1.54) is 4.90 Å². The Morgan fingerprint density at radius 1 is 1.13 bits per heavy atom. The van der Waals surface area contributed by atoms with Gasteiger partial charge in [0.2, 0.25) is 30.5 Å². The molecule has 9 heteroatoms. The van der Waals surface area contributed by atoms with Crippen LogP contribution in [-0.2, 0) is 30.5 Å². The first-order chi connectivity index (χ1) is 14.4. The van der Waals surface area contributed by atoms with E-state index in [4.69, 9.17) is 0 Å².